The first-order valence-corrected chi connectivity index (χ1v) is 6.28. The number of aromatic nitrogens is 2. The van der Waals surface area contributed by atoms with Crippen LogP contribution in [-0.4, -0.2) is 22.4 Å². The fourth-order valence-electron chi connectivity index (χ4n) is 2.12. The normalized spacial score (nSPS) is 13.4. The molecule has 0 atom stereocenters. The molecular formula is C13H11ClN4O. The van der Waals surface area contributed by atoms with Gasteiger partial charge in [-0.3, -0.25) is 4.79 Å². The minimum Gasteiger partial charge on any atom is -0.319 e. The van der Waals surface area contributed by atoms with Crippen LogP contribution in [0.5, 0.6) is 0 Å². The highest BCUT2D eigenvalue weighted by Gasteiger charge is 2.26. The fraction of sp³-hybridized carbons (Fsp3) is 0.154. The molecule has 2 aromatic rings. The van der Waals surface area contributed by atoms with Crippen LogP contribution in [0, 0.1) is 0 Å². The van der Waals surface area contributed by atoms with E-state index in [2.05, 4.69) is 15.3 Å². The van der Waals surface area contributed by atoms with E-state index in [0.29, 0.717) is 34.5 Å². The zero-order valence-corrected chi connectivity index (χ0v) is 11.0. The molecule has 1 amide bonds. The monoisotopic (exact) mass is 274 g/mol. The predicted octanol–water partition coefficient (Wildman–Crippen LogP) is 2.85. The Morgan fingerprint density at radius 2 is 2.21 bits per heavy atom. The lowest BCUT2D eigenvalue weighted by molar-refractivity contribution is 0.102. The van der Waals surface area contributed by atoms with Crippen molar-refractivity contribution in [2.75, 3.05) is 16.8 Å². The van der Waals surface area contributed by atoms with E-state index >= 15 is 0 Å². The van der Waals surface area contributed by atoms with Crippen molar-refractivity contribution in [1.29, 1.82) is 0 Å². The molecule has 1 aliphatic heterocycles. The fourth-order valence-corrected chi connectivity index (χ4v) is 2.28. The van der Waals surface area contributed by atoms with Gasteiger partial charge in [-0.1, -0.05) is 11.6 Å². The molecule has 0 aromatic carbocycles. The summed E-state index contributed by atoms with van der Waals surface area (Å²) in [5.74, 6) is 1.05. The van der Waals surface area contributed by atoms with Gasteiger partial charge in [0.1, 0.15) is 5.82 Å². The van der Waals surface area contributed by atoms with Crippen molar-refractivity contribution < 1.29 is 4.79 Å². The van der Waals surface area contributed by atoms with E-state index in [-0.39, 0.29) is 5.91 Å². The topological polar surface area (TPSA) is 58.1 Å². The number of pyridine rings is 2. The van der Waals surface area contributed by atoms with Gasteiger partial charge in [0.15, 0.2) is 5.82 Å². The second kappa shape index (κ2) is 4.51. The molecule has 0 saturated heterocycles. The van der Waals surface area contributed by atoms with Crippen molar-refractivity contribution in [2.45, 2.75) is 6.92 Å². The maximum atomic E-state index is 12.2. The third kappa shape index (κ3) is 1.92. The van der Waals surface area contributed by atoms with E-state index < -0.39 is 0 Å². The average molecular weight is 275 g/mol. The number of hydrogen-bond donors (Lipinski definition) is 1. The number of anilines is 3. The quantitative estimate of drug-likeness (QED) is 0.869. The van der Waals surface area contributed by atoms with Gasteiger partial charge in [-0.2, -0.15) is 0 Å². The Labute approximate surface area is 115 Å². The largest absolute Gasteiger partial charge is 0.319 e. The molecule has 0 saturated carbocycles. The van der Waals surface area contributed by atoms with Gasteiger partial charge in [-0.05, 0) is 25.1 Å². The van der Waals surface area contributed by atoms with Gasteiger partial charge < -0.3 is 10.2 Å². The van der Waals surface area contributed by atoms with Gasteiger partial charge in [0.05, 0.1) is 16.3 Å². The summed E-state index contributed by atoms with van der Waals surface area (Å²) in [4.78, 5) is 22.7. The summed E-state index contributed by atoms with van der Waals surface area (Å²) in [5, 5.41) is 3.30. The number of amides is 1. The van der Waals surface area contributed by atoms with Crippen molar-refractivity contribution in [2.24, 2.45) is 0 Å². The number of halogens is 1. The minimum atomic E-state index is -0.204. The molecule has 0 bridgehead atoms. The van der Waals surface area contributed by atoms with Crippen molar-refractivity contribution >= 4 is 34.8 Å². The van der Waals surface area contributed by atoms with Crippen LogP contribution < -0.4 is 10.2 Å². The van der Waals surface area contributed by atoms with E-state index in [9.17, 15) is 4.79 Å². The zero-order chi connectivity index (χ0) is 13.4. The number of nitrogens with zero attached hydrogens (tertiary/aromatic N) is 3. The van der Waals surface area contributed by atoms with Gasteiger partial charge in [0.2, 0.25) is 0 Å². The Balaban J connectivity index is 2.26. The number of hydrogen-bond acceptors (Lipinski definition) is 4. The molecule has 3 rings (SSSR count). The van der Waals surface area contributed by atoms with E-state index in [1.165, 1.54) is 0 Å². The second-order valence-corrected chi connectivity index (χ2v) is 4.53. The molecule has 5 nitrogen and oxygen atoms in total. The van der Waals surface area contributed by atoms with Crippen molar-refractivity contribution in [3.05, 3.63) is 41.2 Å². The summed E-state index contributed by atoms with van der Waals surface area (Å²) in [6.07, 6.45) is 3.22. The Bertz CT molecular complexity index is 659. The van der Waals surface area contributed by atoms with Gasteiger partial charge in [-0.25, -0.2) is 9.97 Å². The molecule has 6 heteroatoms. The van der Waals surface area contributed by atoms with Crippen LogP contribution in [0.1, 0.15) is 17.3 Å². The first kappa shape index (κ1) is 11.9. The van der Waals surface area contributed by atoms with E-state index in [1.807, 2.05) is 11.8 Å². The van der Waals surface area contributed by atoms with Crippen LogP contribution in [0.25, 0.3) is 0 Å². The third-order valence-corrected chi connectivity index (χ3v) is 3.15. The number of rotatable bonds is 1. The maximum absolute atomic E-state index is 12.2. The minimum absolute atomic E-state index is 0.204. The SMILES string of the molecule is CCN1c2ncc(Cl)cc2NC(=O)c2cccnc21. The lowest BCUT2D eigenvalue weighted by Gasteiger charge is -2.21. The Morgan fingerprint density at radius 1 is 1.37 bits per heavy atom. The van der Waals surface area contributed by atoms with Crippen LogP contribution in [0.4, 0.5) is 17.3 Å². The van der Waals surface area contributed by atoms with Gasteiger partial charge in [0, 0.05) is 18.9 Å². The highest BCUT2D eigenvalue weighted by atomic mass is 35.5. The molecule has 96 valence electrons. The van der Waals surface area contributed by atoms with Gasteiger partial charge in [-0.15, -0.1) is 0 Å². The average Bonchev–Trinajstić information content (AvgIpc) is 2.53. The standard InChI is InChI=1S/C13H11ClN4O/c1-2-18-11-9(4-3-5-15-11)13(19)17-10-6-8(14)7-16-12(10)18/h3-7H,2H2,1H3,(H,17,19). The molecular weight excluding hydrogens is 264 g/mol. The predicted molar refractivity (Wildman–Crippen MR) is 74.1 cm³/mol. The summed E-state index contributed by atoms with van der Waals surface area (Å²) in [6, 6.07) is 5.17. The second-order valence-electron chi connectivity index (χ2n) is 4.10. The van der Waals surface area contributed by atoms with Crippen LogP contribution in [0.15, 0.2) is 30.6 Å². The maximum Gasteiger partial charge on any atom is 0.259 e. The van der Waals surface area contributed by atoms with Crippen LogP contribution in [0.2, 0.25) is 5.02 Å². The molecule has 0 aliphatic carbocycles. The van der Waals surface area contributed by atoms with Crippen molar-refractivity contribution in [3.63, 3.8) is 0 Å². The Kier molecular flexibility index (Phi) is 2.83. The molecule has 1 N–H and O–H groups in total. The van der Waals surface area contributed by atoms with Crippen molar-refractivity contribution in [3.8, 4) is 0 Å². The van der Waals surface area contributed by atoms with Crippen LogP contribution in [0.3, 0.4) is 0 Å². The first-order chi connectivity index (χ1) is 9.20. The first-order valence-electron chi connectivity index (χ1n) is 5.90. The molecule has 0 spiro atoms. The van der Waals surface area contributed by atoms with Gasteiger partial charge in [0.25, 0.3) is 5.91 Å². The van der Waals surface area contributed by atoms with Gasteiger partial charge >= 0.3 is 0 Å². The molecule has 0 unspecified atom stereocenters. The Morgan fingerprint density at radius 3 is 3.00 bits per heavy atom. The molecule has 0 fully saturated rings. The van der Waals surface area contributed by atoms with E-state index in [1.54, 1.807) is 30.6 Å². The highest BCUT2D eigenvalue weighted by molar-refractivity contribution is 6.31. The summed E-state index contributed by atoms with van der Waals surface area (Å²) >= 11 is 5.93. The number of fused-ring (bicyclic) bond motifs is 2. The third-order valence-electron chi connectivity index (χ3n) is 2.94. The molecule has 2 aromatic heterocycles. The van der Waals surface area contributed by atoms with E-state index in [0.717, 1.165) is 0 Å². The Hall–Kier alpha value is -2.14. The highest BCUT2D eigenvalue weighted by Crippen LogP contribution is 2.35. The number of nitrogens with one attached hydrogen (secondary N) is 1. The smallest absolute Gasteiger partial charge is 0.259 e. The molecule has 1 aliphatic rings. The summed E-state index contributed by atoms with van der Waals surface area (Å²) < 4.78 is 0. The number of carbonyl (C=O) groups is 1. The van der Waals surface area contributed by atoms with Crippen molar-refractivity contribution in [1.82, 2.24) is 9.97 Å². The van der Waals surface area contributed by atoms with E-state index in [4.69, 9.17) is 11.6 Å². The number of carbonyl (C=O) groups excluding carboxylic acids is 1. The zero-order valence-electron chi connectivity index (χ0n) is 10.2. The summed E-state index contributed by atoms with van der Waals surface area (Å²) in [6.45, 7) is 2.63. The molecule has 0 radical (unpaired) electrons. The summed E-state index contributed by atoms with van der Waals surface area (Å²) in [7, 11) is 0. The van der Waals surface area contributed by atoms with Crippen LogP contribution in [-0.2, 0) is 0 Å². The summed E-state index contributed by atoms with van der Waals surface area (Å²) in [5.41, 5.74) is 1.12. The molecule has 19 heavy (non-hydrogen) atoms. The lowest BCUT2D eigenvalue weighted by Crippen LogP contribution is -2.19. The van der Waals surface area contributed by atoms with Crippen LogP contribution >= 0.6 is 11.6 Å². The lowest BCUT2D eigenvalue weighted by atomic mass is 10.2. The molecule has 3 heterocycles.